The average Bonchev–Trinajstić information content (AvgIpc) is 2.83. The molecule has 0 aliphatic rings. The van der Waals surface area contributed by atoms with Gasteiger partial charge in [-0.1, -0.05) is 18.2 Å². The first-order chi connectivity index (χ1) is 9.63. The molecule has 0 saturated heterocycles. The predicted octanol–water partition coefficient (Wildman–Crippen LogP) is 1.95. The zero-order chi connectivity index (χ0) is 14.1. The molecule has 100 valence electrons. The van der Waals surface area contributed by atoms with Gasteiger partial charge >= 0.3 is 0 Å². The minimum atomic E-state index is -0.143. The minimum Gasteiger partial charge on any atom is -0.292 e. The molecule has 2 heterocycles. The highest BCUT2D eigenvalue weighted by Crippen LogP contribution is 2.22. The summed E-state index contributed by atoms with van der Waals surface area (Å²) in [5.74, 6) is 0.245. The summed E-state index contributed by atoms with van der Waals surface area (Å²) in [7, 11) is 1.66. The molecule has 0 atom stereocenters. The lowest BCUT2D eigenvalue weighted by Crippen LogP contribution is -2.09. The van der Waals surface area contributed by atoms with Crippen molar-refractivity contribution in [2.75, 3.05) is 0 Å². The second kappa shape index (κ2) is 5.09. The van der Waals surface area contributed by atoms with Gasteiger partial charge in [0.25, 0.3) is 0 Å². The third kappa shape index (κ3) is 2.44. The van der Waals surface area contributed by atoms with Crippen LogP contribution < -0.4 is 0 Å². The number of carbonyl (C=O) groups excluding carboxylic acids is 1. The van der Waals surface area contributed by atoms with Crippen LogP contribution in [0, 0.1) is 0 Å². The number of halogens is 1. The van der Waals surface area contributed by atoms with E-state index in [1.807, 2.05) is 30.3 Å². The first kappa shape index (κ1) is 12.9. The van der Waals surface area contributed by atoms with Gasteiger partial charge in [0.15, 0.2) is 11.6 Å². The number of Topliss-reactive ketones (excluding diaryl/α,β-unsaturated/α-hetero) is 1. The van der Waals surface area contributed by atoms with Crippen LogP contribution in [0.25, 0.3) is 10.9 Å². The number of rotatable bonds is 3. The molecule has 0 unspecified atom stereocenters. The molecule has 1 aromatic carbocycles. The van der Waals surface area contributed by atoms with E-state index in [0.717, 1.165) is 10.9 Å². The van der Waals surface area contributed by atoms with Crippen LogP contribution in [0.1, 0.15) is 16.3 Å². The van der Waals surface area contributed by atoms with Crippen molar-refractivity contribution in [1.82, 2.24) is 25.2 Å². The van der Waals surface area contributed by atoms with Crippen molar-refractivity contribution < 1.29 is 4.79 Å². The highest BCUT2D eigenvalue weighted by molar-refractivity contribution is 9.10. The van der Waals surface area contributed by atoms with Crippen molar-refractivity contribution in [2.45, 2.75) is 6.42 Å². The highest BCUT2D eigenvalue weighted by atomic mass is 79.9. The van der Waals surface area contributed by atoms with E-state index in [4.69, 9.17) is 0 Å². The number of tetrazole rings is 1. The topological polar surface area (TPSA) is 73.6 Å². The molecule has 20 heavy (non-hydrogen) atoms. The molecule has 2 aromatic heterocycles. The lowest BCUT2D eigenvalue weighted by atomic mass is 10.1. The summed E-state index contributed by atoms with van der Waals surface area (Å²) in [6.45, 7) is 0. The Morgan fingerprint density at radius 1 is 1.35 bits per heavy atom. The van der Waals surface area contributed by atoms with Crippen molar-refractivity contribution in [3.8, 4) is 0 Å². The maximum atomic E-state index is 12.3. The first-order valence-corrected chi connectivity index (χ1v) is 6.74. The standard InChI is InChI=1S/C13H10BrN5O/c1-19-17-12(16-18-19)7-11(20)13-9(14)6-8-4-2-3-5-10(8)15-13/h2-6H,7H2,1H3. The molecular weight excluding hydrogens is 322 g/mol. The van der Waals surface area contributed by atoms with Crippen molar-refractivity contribution in [3.05, 3.63) is 46.3 Å². The molecule has 7 heteroatoms. The molecule has 0 N–H and O–H groups in total. The summed E-state index contributed by atoms with van der Waals surface area (Å²) in [5.41, 5.74) is 1.17. The summed E-state index contributed by atoms with van der Waals surface area (Å²) in [5, 5.41) is 12.5. The molecule has 6 nitrogen and oxygen atoms in total. The molecule has 3 rings (SSSR count). The largest absolute Gasteiger partial charge is 0.292 e. The molecule has 0 spiro atoms. The van der Waals surface area contributed by atoms with Gasteiger partial charge in [-0.3, -0.25) is 4.79 Å². The van der Waals surface area contributed by atoms with E-state index >= 15 is 0 Å². The van der Waals surface area contributed by atoms with Crippen molar-refractivity contribution in [1.29, 1.82) is 0 Å². The van der Waals surface area contributed by atoms with Crippen LogP contribution in [0.3, 0.4) is 0 Å². The highest BCUT2D eigenvalue weighted by Gasteiger charge is 2.16. The summed E-state index contributed by atoms with van der Waals surface area (Å²) in [4.78, 5) is 18.0. The predicted molar refractivity (Wildman–Crippen MR) is 76.3 cm³/mol. The van der Waals surface area contributed by atoms with Crippen LogP contribution in [-0.2, 0) is 13.5 Å². The quantitative estimate of drug-likeness (QED) is 0.686. The molecule has 3 aromatic rings. The van der Waals surface area contributed by atoms with Gasteiger partial charge in [-0.05, 0) is 33.3 Å². The van der Waals surface area contributed by atoms with Crippen LogP contribution in [0.15, 0.2) is 34.8 Å². The van der Waals surface area contributed by atoms with Crippen LogP contribution in [0.2, 0.25) is 0 Å². The van der Waals surface area contributed by atoms with E-state index in [9.17, 15) is 4.79 Å². The monoisotopic (exact) mass is 331 g/mol. The van der Waals surface area contributed by atoms with E-state index in [1.165, 1.54) is 4.80 Å². The van der Waals surface area contributed by atoms with E-state index in [-0.39, 0.29) is 12.2 Å². The van der Waals surface area contributed by atoms with Gasteiger partial charge in [0, 0.05) is 9.86 Å². The number of ketones is 1. The summed E-state index contributed by atoms with van der Waals surface area (Å²) in [6.07, 6.45) is 0.0811. The van der Waals surface area contributed by atoms with Crippen LogP contribution in [0.4, 0.5) is 0 Å². The zero-order valence-electron chi connectivity index (χ0n) is 10.6. The number of nitrogens with zero attached hydrogens (tertiary/aromatic N) is 5. The Hall–Kier alpha value is -2.15. The Labute approximate surface area is 122 Å². The second-order valence-corrected chi connectivity index (χ2v) is 5.16. The lowest BCUT2D eigenvalue weighted by Gasteiger charge is -2.04. The van der Waals surface area contributed by atoms with Gasteiger partial charge in [0.1, 0.15) is 5.69 Å². The van der Waals surface area contributed by atoms with Gasteiger partial charge in [0.2, 0.25) is 0 Å². The number of carbonyl (C=O) groups is 1. The summed E-state index contributed by atoms with van der Waals surface area (Å²) in [6, 6.07) is 9.54. The van der Waals surface area contributed by atoms with E-state index in [0.29, 0.717) is 16.0 Å². The normalized spacial score (nSPS) is 10.9. The molecular formula is C13H10BrN5O. The van der Waals surface area contributed by atoms with Gasteiger partial charge in [-0.25, -0.2) is 4.98 Å². The number of fused-ring (bicyclic) bond motifs is 1. The molecule has 0 aliphatic heterocycles. The Morgan fingerprint density at radius 2 is 2.15 bits per heavy atom. The zero-order valence-corrected chi connectivity index (χ0v) is 12.2. The Morgan fingerprint density at radius 3 is 2.90 bits per heavy atom. The SMILES string of the molecule is Cn1nnc(CC(=O)c2nc3ccccc3cc2Br)n1. The second-order valence-electron chi connectivity index (χ2n) is 4.31. The van der Waals surface area contributed by atoms with Crippen molar-refractivity contribution in [3.63, 3.8) is 0 Å². The molecule has 0 fully saturated rings. The first-order valence-electron chi connectivity index (χ1n) is 5.95. The number of para-hydroxylation sites is 1. The summed E-state index contributed by atoms with van der Waals surface area (Å²) >= 11 is 3.39. The van der Waals surface area contributed by atoms with Crippen LogP contribution in [0.5, 0.6) is 0 Å². The van der Waals surface area contributed by atoms with Crippen molar-refractivity contribution >= 4 is 32.6 Å². The van der Waals surface area contributed by atoms with Gasteiger partial charge < -0.3 is 0 Å². The maximum Gasteiger partial charge on any atom is 0.190 e. The van der Waals surface area contributed by atoms with Gasteiger partial charge in [-0.15, -0.1) is 10.2 Å². The van der Waals surface area contributed by atoms with E-state index in [1.54, 1.807) is 7.05 Å². The van der Waals surface area contributed by atoms with Crippen molar-refractivity contribution in [2.24, 2.45) is 7.05 Å². The minimum absolute atomic E-state index is 0.0811. The van der Waals surface area contributed by atoms with Gasteiger partial charge in [0.05, 0.1) is 19.0 Å². The molecule has 0 amide bonds. The number of pyridine rings is 1. The Kier molecular flexibility index (Phi) is 3.27. The Bertz CT molecular complexity index is 798. The number of aromatic nitrogens is 5. The lowest BCUT2D eigenvalue weighted by molar-refractivity contribution is 0.0985. The van der Waals surface area contributed by atoms with E-state index in [2.05, 4.69) is 36.3 Å². The number of hydrogen-bond donors (Lipinski definition) is 0. The third-order valence-corrected chi connectivity index (χ3v) is 3.41. The third-order valence-electron chi connectivity index (χ3n) is 2.81. The fourth-order valence-corrected chi connectivity index (χ4v) is 2.46. The number of aryl methyl sites for hydroxylation is 1. The fraction of sp³-hybridized carbons (Fsp3) is 0.154. The van der Waals surface area contributed by atoms with Crippen LogP contribution >= 0.6 is 15.9 Å². The number of benzene rings is 1. The van der Waals surface area contributed by atoms with E-state index < -0.39 is 0 Å². The van der Waals surface area contributed by atoms with Gasteiger partial charge in [-0.2, -0.15) is 4.80 Å². The maximum absolute atomic E-state index is 12.3. The van der Waals surface area contributed by atoms with Crippen LogP contribution in [-0.4, -0.2) is 31.0 Å². The molecule has 0 radical (unpaired) electrons. The average molecular weight is 332 g/mol. The molecule has 0 saturated carbocycles. The Balaban J connectivity index is 1.96. The number of hydrogen-bond acceptors (Lipinski definition) is 5. The summed E-state index contributed by atoms with van der Waals surface area (Å²) < 4.78 is 0.671. The smallest absolute Gasteiger partial charge is 0.190 e. The molecule has 0 bridgehead atoms. The fourth-order valence-electron chi connectivity index (χ4n) is 1.91. The molecule has 0 aliphatic carbocycles.